The molecule has 0 aliphatic rings. The van der Waals surface area contributed by atoms with Crippen molar-refractivity contribution in [3.63, 3.8) is 0 Å². The van der Waals surface area contributed by atoms with E-state index in [9.17, 15) is 0 Å². The Labute approximate surface area is 173 Å². The van der Waals surface area contributed by atoms with Crippen LogP contribution in [0.2, 0.25) is 0 Å². The molecule has 0 aliphatic heterocycles. The van der Waals surface area contributed by atoms with Crippen molar-refractivity contribution in [3.05, 3.63) is 56.7 Å². The fraction of sp³-hybridized carbons (Fsp3) is 0.350. The number of hydrogen-bond donors (Lipinski definition) is 1. The van der Waals surface area contributed by atoms with Gasteiger partial charge in [0.05, 0.1) is 19.9 Å². The maximum absolute atomic E-state index is 5.83. The maximum atomic E-state index is 5.83. The maximum Gasteiger partial charge on any atom is 0.216 e. The van der Waals surface area contributed by atoms with E-state index < -0.39 is 0 Å². The van der Waals surface area contributed by atoms with E-state index in [0.717, 1.165) is 30.0 Å². The Kier molecular flexibility index (Phi) is 7.39. The van der Waals surface area contributed by atoms with Crippen LogP contribution in [0.3, 0.4) is 0 Å². The van der Waals surface area contributed by atoms with Gasteiger partial charge in [0.15, 0.2) is 17.3 Å². The van der Waals surface area contributed by atoms with Gasteiger partial charge >= 0.3 is 0 Å². The van der Waals surface area contributed by atoms with Crippen molar-refractivity contribution in [3.8, 4) is 11.5 Å². The lowest BCUT2D eigenvalue weighted by Gasteiger charge is -2.11. The van der Waals surface area contributed by atoms with Crippen LogP contribution in [-0.4, -0.2) is 34.8 Å². The van der Waals surface area contributed by atoms with Gasteiger partial charge < -0.3 is 9.47 Å². The van der Waals surface area contributed by atoms with Crippen molar-refractivity contribution in [1.29, 1.82) is 0 Å². The standard InChI is InChI=1S/C20H24N4O2S2/c1-3-4-5-10-26-17-9-8-15(12-18(17)25-2)14-21-24-19(22-23-20(24)27)13-16-7-6-11-28-16/h6-9,11-12,14H,3-5,10,13H2,1-2H3,(H,23,27)/b21-14-. The molecular weight excluding hydrogens is 392 g/mol. The fourth-order valence-corrected chi connectivity index (χ4v) is 3.57. The molecule has 2 heterocycles. The van der Waals surface area contributed by atoms with Crippen LogP contribution >= 0.6 is 23.6 Å². The minimum absolute atomic E-state index is 0.464. The number of aromatic amines is 1. The molecule has 0 saturated heterocycles. The van der Waals surface area contributed by atoms with E-state index in [-0.39, 0.29) is 0 Å². The van der Waals surface area contributed by atoms with Crippen molar-refractivity contribution in [1.82, 2.24) is 14.9 Å². The van der Waals surface area contributed by atoms with Gasteiger partial charge in [-0.2, -0.15) is 14.9 Å². The summed E-state index contributed by atoms with van der Waals surface area (Å²) in [5, 5.41) is 13.7. The zero-order chi connectivity index (χ0) is 19.8. The van der Waals surface area contributed by atoms with E-state index in [1.807, 2.05) is 29.6 Å². The van der Waals surface area contributed by atoms with Crippen molar-refractivity contribution in [2.75, 3.05) is 13.7 Å². The Balaban J connectivity index is 1.74. The number of nitrogens with one attached hydrogen (secondary N) is 1. The summed E-state index contributed by atoms with van der Waals surface area (Å²) in [6, 6.07) is 9.85. The third kappa shape index (κ3) is 5.30. The molecule has 2 aromatic heterocycles. The summed E-state index contributed by atoms with van der Waals surface area (Å²) in [6.45, 7) is 2.86. The molecule has 1 aromatic carbocycles. The number of aromatic nitrogens is 3. The lowest BCUT2D eigenvalue weighted by atomic mass is 10.2. The largest absolute Gasteiger partial charge is 0.493 e. The predicted molar refractivity (Wildman–Crippen MR) is 116 cm³/mol. The highest BCUT2D eigenvalue weighted by Crippen LogP contribution is 2.28. The van der Waals surface area contributed by atoms with Crippen molar-refractivity contribution in [2.45, 2.75) is 32.6 Å². The molecule has 0 saturated carbocycles. The van der Waals surface area contributed by atoms with Crippen LogP contribution in [0.15, 0.2) is 40.8 Å². The normalized spacial score (nSPS) is 11.2. The Morgan fingerprint density at radius 2 is 2.18 bits per heavy atom. The van der Waals surface area contributed by atoms with E-state index >= 15 is 0 Å². The van der Waals surface area contributed by atoms with Gasteiger partial charge in [0.2, 0.25) is 4.77 Å². The first-order valence-corrected chi connectivity index (χ1v) is 10.5. The molecule has 0 bridgehead atoms. The number of benzene rings is 1. The van der Waals surface area contributed by atoms with Gasteiger partial charge in [-0.3, -0.25) is 5.10 Å². The second kappa shape index (κ2) is 10.2. The number of H-pyrrole nitrogens is 1. The Morgan fingerprint density at radius 1 is 1.29 bits per heavy atom. The summed E-state index contributed by atoms with van der Waals surface area (Å²) in [4.78, 5) is 1.21. The summed E-state index contributed by atoms with van der Waals surface area (Å²) < 4.78 is 13.4. The highest BCUT2D eigenvalue weighted by Gasteiger charge is 2.08. The second-order valence-corrected chi connectivity index (χ2v) is 7.64. The molecule has 8 heteroatoms. The quantitative estimate of drug-likeness (QED) is 0.285. The van der Waals surface area contributed by atoms with Gasteiger partial charge in [-0.15, -0.1) is 11.3 Å². The number of hydrogen-bond acceptors (Lipinski definition) is 6. The molecule has 6 nitrogen and oxygen atoms in total. The minimum Gasteiger partial charge on any atom is -0.493 e. The van der Waals surface area contributed by atoms with Crippen LogP contribution in [-0.2, 0) is 6.42 Å². The zero-order valence-corrected chi connectivity index (χ0v) is 17.7. The van der Waals surface area contributed by atoms with Crippen LogP contribution in [0, 0.1) is 4.77 Å². The third-order valence-corrected chi connectivity index (χ3v) is 5.29. The van der Waals surface area contributed by atoms with Crippen molar-refractivity contribution < 1.29 is 9.47 Å². The lowest BCUT2D eigenvalue weighted by molar-refractivity contribution is 0.286. The first-order valence-electron chi connectivity index (χ1n) is 9.25. The van der Waals surface area contributed by atoms with Crippen LogP contribution in [0.5, 0.6) is 11.5 Å². The van der Waals surface area contributed by atoms with Crippen LogP contribution in [0.25, 0.3) is 0 Å². The molecule has 0 atom stereocenters. The number of rotatable bonds is 10. The predicted octanol–water partition coefficient (Wildman–Crippen LogP) is 5.05. The number of thiophene rings is 1. The zero-order valence-electron chi connectivity index (χ0n) is 16.1. The summed E-state index contributed by atoms with van der Waals surface area (Å²) in [7, 11) is 1.64. The highest BCUT2D eigenvalue weighted by atomic mass is 32.1. The van der Waals surface area contributed by atoms with E-state index in [2.05, 4.69) is 28.3 Å². The van der Waals surface area contributed by atoms with Crippen molar-refractivity contribution >= 4 is 29.8 Å². The first kappa shape index (κ1) is 20.3. The Bertz CT molecular complexity index is 961. The van der Waals surface area contributed by atoms with Gasteiger partial charge in [0.1, 0.15) is 0 Å². The van der Waals surface area contributed by atoms with Gasteiger partial charge in [0, 0.05) is 11.3 Å². The van der Waals surface area contributed by atoms with E-state index in [0.29, 0.717) is 23.5 Å². The first-order chi connectivity index (χ1) is 13.7. The van der Waals surface area contributed by atoms with Gasteiger partial charge in [-0.1, -0.05) is 25.8 Å². The van der Waals surface area contributed by atoms with E-state index in [1.165, 1.54) is 11.3 Å². The van der Waals surface area contributed by atoms with Crippen LogP contribution in [0.4, 0.5) is 0 Å². The second-order valence-electron chi connectivity index (χ2n) is 6.22. The summed E-state index contributed by atoms with van der Waals surface area (Å²) in [5.74, 6) is 2.20. The minimum atomic E-state index is 0.464. The molecule has 0 aliphatic carbocycles. The molecule has 0 amide bonds. The molecule has 0 fully saturated rings. The molecule has 0 radical (unpaired) electrons. The van der Waals surface area contributed by atoms with Gasteiger partial charge in [-0.25, -0.2) is 0 Å². The molecule has 3 aromatic rings. The average Bonchev–Trinajstić information content (AvgIpc) is 3.34. The molecule has 3 rings (SSSR count). The monoisotopic (exact) mass is 416 g/mol. The number of ether oxygens (including phenoxy) is 2. The Hall–Kier alpha value is -2.45. The molecule has 28 heavy (non-hydrogen) atoms. The molecule has 0 spiro atoms. The topological polar surface area (TPSA) is 64.4 Å². The smallest absolute Gasteiger partial charge is 0.216 e. The summed E-state index contributed by atoms with van der Waals surface area (Å²) in [6.07, 6.45) is 5.78. The molecule has 1 N–H and O–H groups in total. The van der Waals surface area contributed by atoms with Gasteiger partial charge in [0.25, 0.3) is 0 Å². The third-order valence-electron chi connectivity index (χ3n) is 4.15. The van der Waals surface area contributed by atoms with E-state index in [1.54, 1.807) is 29.3 Å². The van der Waals surface area contributed by atoms with E-state index in [4.69, 9.17) is 21.7 Å². The molecule has 148 valence electrons. The Morgan fingerprint density at radius 3 is 2.93 bits per heavy atom. The fourth-order valence-electron chi connectivity index (χ4n) is 2.67. The lowest BCUT2D eigenvalue weighted by Crippen LogP contribution is -2.01. The number of nitrogens with zero attached hydrogens (tertiary/aromatic N) is 3. The van der Waals surface area contributed by atoms with Gasteiger partial charge in [-0.05, 0) is 53.8 Å². The number of methoxy groups -OCH3 is 1. The molecule has 0 unspecified atom stereocenters. The van der Waals surface area contributed by atoms with Crippen LogP contribution < -0.4 is 9.47 Å². The average molecular weight is 417 g/mol. The van der Waals surface area contributed by atoms with Crippen molar-refractivity contribution in [2.24, 2.45) is 5.10 Å². The number of unbranched alkanes of at least 4 members (excludes halogenated alkanes) is 2. The summed E-state index contributed by atoms with van der Waals surface area (Å²) in [5.41, 5.74) is 0.892. The SMILES string of the molecule is CCCCCOc1ccc(/C=N\n2c(Cc3cccs3)n[nH]c2=S)cc1OC. The van der Waals surface area contributed by atoms with Crippen LogP contribution in [0.1, 0.15) is 42.5 Å². The molecular formula is C20H24N4O2S2. The highest BCUT2D eigenvalue weighted by molar-refractivity contribution is 7.71. The summed E-state index contributed by atoms with van der Waals surface area (Å²) >= 11 is 6.99.